The van der Waals surface area contributed by atoms with Crippen molar-refractivity contribution in [3.8, 4) is 0 Å². The summed E-state index contributed by atoms with van der Waals surface area (Å²) in [6.45, 7) is 13.6. The molecule has 0 aromatic heterocycles. The predicted molar refractivity (Wildman–Crippen MR) is 244 cm³/mol. The van der Waals surface area contributed by atoms with E-state index < -0.39 is 0 Å². The van der Waals surface area contributed by atoms with Crippen LogP contribution in [0.25, 0.3) is 0 Å². The van der Waals surface area contributed by atoms with Crippen molar-refractivity contribution in [1.29, 1.82) is 0 Å². The number of ether oxygens (including phenoxy) is 2. The quantitative estimate of drug-likeness (QED) is 0.0346. The highest BCUT2D eigenvalue weighted by Gasteiger charge is 2.24. The lowest BCUT2D eigenvalue weighted by molar-refractivity contribution is -0.150. The van der Waals surface area contributed by atoms with Gasteiger partial charge < -0.3 is 14.4 Å². The molecule has 0 aromatic rings. The Morgan fingerprint density at radius 1 is 0.571 bits per heavy atom. The zero-order valence-corrected chi connectivity index (χ0v) is 39.2. The third-order valence-electron chi connectivity index (χ3n) is 12.2. The van der Waals surface area contributed by atoms with Crippen molar-refractivity contribution in [3.05, 3.63) is 0 Å². The number of carbonyl (C=O) groups excluding carboxylic acids is 2. The molecule has 0 aromatic carbocycles. The van der Waals surface area contributed by atoms with E-state index in [1.807, 2.05) is 11.9 Å². The molecule has 332 valence electrons. The molecule has 0 spiro atoms. The van der Waals surface area contributed by atoms with Crippen LogP contribution in [0.15, 0.2) is 0 Å². The van der Waals surface area contributed by atoms with Gasteiger partial charge in [0.15, 0.2) is 0 Å². The zero-order chi connectivity index (χ0) is 40.9. The van der Waals surface area contributed by atoms with Crippen LogP contribution in [0.2, 0.25) is 0 Å². The molecule has 1 unspecified atom stereocenters. The van der Waals surface area contributed by atoms with Crippen molar-refractivity contribution in [2.24, 2.45) is 0 Å². The Kier molecular flexibility index (Phi) is 36.5. The first-order valence-corrected chi connectivity index (χ1v) is 25.8. The average molecular weight is 809 g/mol. The molecule has 0 amide bonds. The fraction of sp³-hybridized carbons (Fsp3) is 0.959. The Labute approximate surface area is 354 Å². The van der Waals surface area contributed by atoms with Gasteiger partial charge in [-0.25, -0.2) is 4.31 Å². The van der Waals surface area contributed by atoms with E-state index in [1.54, 1.807) is 0 Å². The normalized spacial score (nSPS) is 14.9. The van der Waals surface area contributed by atoms with E-state index in [9.17, 15) is 9.59 Å². The Hall–Kier alpha value is -0.790. The molecular weight excluding hydrogens is 713 g/mol. The number of esters is 2. The minimum absolute atomic E-state index is 0.00570. The highest BCUT2D eigenvalue weighted by molar-refractivity contribution is 7.97. The molecule has 0 bridgehead atoms. The number of nitrogens with zero attached hydrogens (tertiary/aromatic N) is 2. The third kappa shape index (κ3) is 29.4. The third-order valence-corrected chi connectivity index (χ3v) is 13.4. The molecule has 7 heteroatoms. The van der Waals surface area contributed by atoms with Gasteiger partial charge in [-0.05, 0) is 116 Å². The van der Waals surface area contributed by atoms with Gasteiger partial charge in [-0.15, -0.1) is 0 Å². The SMILES string of the molecule is CCCCCCCC(CCCCCCC)OC(=O)CCCC(CCCC(=O)OC(CCCCCCC)CCCCCCC)N(CCC)SCCC1CCCN1C. The molecule has 0 radical (unpaired) electrons. The first kappa shape index (κ1) is 53.2. The summed E-state index contributed by atoms with van der Waals surface area (Å²) in [4.78, 5) is 29.1. The first-order valence-electron chi connectivity index (χ1n) is 24.9. The molecule has 6 nitrogen and oxygen atoms in total. The summed E-state index contributed by atoms with van der Waals surface area (Å²) in [6.07, 6.45) is 38.8. The molecule has 1 rings (SSSR count). The molecule has 56 heavy (non-hydrogen) atoms. The molecule has 1 atom stereocenters. The molecule has 1 aliphatic heterocycles. The fourth-order valence-electron chi connectivity index (χ4n) is 8.54. The number of hydrogen-bond donors (Lipinski definition) is 0. The van der Waals surface area contributed by atoms with Crippen LogP contribution in [0, 0.1) is 0 Å². The maximum Gasteiger partial charge on any atom is 0.306 e. The molecule has 1 fully saturated rings. The summed E-state index contributed by atoms with van der Waals surface area (Å²) in [5.41, 5.74) is 0. The van der Waals surface area contributed by atoms with E-state index in [1.165, 1.54) is 129 Å². The summed E-state index contributed by atoms with van der Waals surface area (Å²) in [5, 5.41) is 0. The van der Waals surface area contributed by atoms with Gasteiger partial charge in [0.25, 0.3) is 0 Å². The van der Waals surface area contributed by atoms with Gasteiger partial charge in [0.2, 0.25) is 0 Å². The molecule has 1 aliphatic rings. The number of unbranched alkanes of at least 4 members (excludes halogenated alkanes) is 16. The number of carbonyl (C=O) groups is 2. The van der Waals surface area contributed by atoms with Crippen LogP contribution < -0.4 is 0 Å². The first-order chi connectivity index (χ1) is 27.4. The summed E-state index contributed by atoms with van der Waals surface area (Å²) in [5.74, 6) is 1.12. The Bertz CT molecular complexity index is 810. The molecule has 0 N–H and O–H groups in total. The van der Waals surface area contributed by atoms with Crippen molar-refractivity contribution in [2.45, 2.75) is 277 Å². The van der Waals surface area contributed by atoms with Gasteiger partial charge in [0.1, 0.15) is 12.2 Å². The average Bonchev–Trinajstić information content (AvgIpc) is 3.60. The van der Waals surface area contributed by atoms with Crippen LogP contribution in [0.5, 0.6) is 0 Å². The standard InChI is InChI=1S/C49H96N2O4S/c1-7-12-16-20-24-34-46(35-25-21-17-13-8-2)54-48(52)38-28-31-45(51(41-11-5)56-43-40-44-33-30-42-50(44)6)32-29-39-49(53)55-47(36-26-22-18-14-9-3)37-27-23-19-15-10-4/h44-47H,7-43H2,1-6H3. The molecular formula is C49H96N2O4S. The van der Waals surface area contributed by atoms with Crippen LogP contribution in [0.4, 0.5) is 0 Å². The molecule has 1 heterocycles. The highest BCUT2D eigenvalue weighted by Crippen LogP contribution is 2.28. The van der Waals surface area contributed by atoms with Crippen LogP contribution in [-0.4, -0.2) is 71.3 Å². The van der Waals surface area contributed by atoms with Gasteiger partial charge in [-0.1, -0.05) is 149 Å². The molecule has 1 saturated heterocycles. The van der Waals surface area contributed by atoms with Gasteiger partial charge in [0.05, 0.1) is 0 Å². The lowest BCUT2D eigenvalue weighted by Gasteiger charge is -2.31. The van der Waals surface area contributed by atoms with Crippen LogP contribution >= 0.6 is 11.9 Å². The fourth-order valence-corrected chi connectivity index (χ4v) is 9.88. The second-order valence-corrected chi connectivity index (χ2v) is 18.6. The number of rotatable bonds is 41. The summed E-state index contributed by atoms with van der Waals surface area (Å²) >= 11 is 2.01. The van der Waals surface area contributed by atoms with E-state index in [2.05, 4.69) is 50.9 Å². The minimum atomic E-state index is -0.00570. The van der Waals surface area contributed by atoms with E-state index in [4.69, 9.17) is 9.47 Å². The van der Waals surface area contributed by atoms with Gasteiger partial charge in [0, 0.05) is 37.2 Å². The van der Waals surface area contributed by atoms with Crippen molar-refractivity contribution >= 4 is 23.9 Å². The second kappa shape index (κ2) is 38.4. The van der Waals surface area contributed by atoms with Crippen molar-refractivity contribution < 1.29 is 19.1 Å². The lowest BCUT2D eigenvalue weighted by Crippen LogP contribution is -2.32. The lowest BCUT2D eigenvalue weighted by atomic mass is 10.0. The zero-order valence-electron chi connectivity index (χ0n) is 38.4. The largest absolute Gasteiger partial charge is 0.462 e. The Morgan fingerprint density at radius 2 is 0.982 bits per heavy atom. The number of likely N-dealkylation sites (tertiary alicyclic amines) is 1. The number of hydrogen-bond acceptors (Lipinski definition) is 7. The maximum atomic E-state index is 13.3. The van der Waals surface area contributed by atoms with E-state index in [-0.39, 0.29) is 24.1 Å². The van der Waals surface area contributed by atoms with Gasteiger partial charge in [-0.3, -0.25) is 9.59 Å². The van der Waals surface area contributed by atoms with Crippen molar-refractivity contribution in [1.82, 2.24) is 9.21 Å². The Balaban J connectivity index is 2.82. The van der Waals surface area contributed by atoms with Crippen molar-refractivity contribution in [3.63, 3.8) is 0 Å². The minimum Gasteiger partial charge on any atom is -0.462 e. The summed E-state index contributed by atoms with van der Waals surface area (Å²) in [7, 11) is 2.28. The van der Waals surface area contributed by atoms with Crippen LogP contribution in [-0.2, 0) is 19.1 Å². The molecule has 0 aliphatic carbocycles. The second-order valence-electron chi connectivity index (χ2n) is 17.5. The van der Waals surface area contributed by atoms with Gasteiger partial charge in [-0.2, -0.15) is 0 Å². The smallest absolute Gasteiger partial charge is 0.306 e. The predicted octanol–water partition coefficient (Wildman–Crippen LogP) is 14.8. The van der Waals surface area contributed by atoms with E-state index >= 15 is 0 Å². The van der Waals surface area contributed by atoms with Crippen LogP contribution in [0.3, 0.4) is 0 Å². The molecule has 0 saturated carbocycles. The van der Waals surface area contributed by atoms with Crippen molar-refractivity contribution in [2.75, 3.05) is 25.9 Å². The summed E-state index contributed by atoms with van der Waals surface area (Å²) < 4.78 is 15.0. The highest BCUT2D eigenvalue weighted by atomic mass is 32.2. The Morgan fingerprint density at radius 3 is 1.34 bits per heavy atom. The monoisotopic (exact) mass is 809 g/mol. The van der Waals surface area contributed by atoms with E-state index in [0.717, 1.165) is 95.8 Å². The topological polar surface area (TPSA) is 59.1 Å². The maximum absolute atomic E-state index is 13.3. The van der Waals surface area contributed by atoms with Gasteiger partial charge >= 0.3 is 11.9 Å². The van der Waals surface area contributed by atoms with E-state index in [0.29, 0.717) is 24.9 Å². The van der Waals surface area contributed by atoms with Crippen LogP contribution in [0.1, 0.15) is 253 Å². The summed E-state index contributed by atoms with van der Waals surface area (Å²) in [6, 6.07) is 1.05.